The van der Waals surface area contributed by atoms with Crippen LogP contribution in [0, 0.1) is 0 Å². The molecule has 0 unspecified atom stereocenters. The van der Waals surface area contributed by atoms with Gasteiger partial charge in [0.05, 0.1) is 0 Å². The van der Waals surface area contributed by atoms with Crippen LogP contribution < -0.4 is 5.32 Å². The Hall–Kier alpha value is -2.00. The van der Waals surface area contributed by atoms with Crippen LogP contribution in [0.4, 0.5) is 5.69 Å². The number of carbonyl (C=O) groups excluding carboxylic acids is 1. The molecule has 0 bridgehead atoms. The fourth-order valence-corrected chi connectivity index (χ4v) is 1.91. The molecular weight excluding hydrogens is 250 g/mol. The Balaban J connectivity index is 2.56. The predicted molar refractivity (Wildman–Crippen MR) is 72.9 cm³/mol. The number of aromatic hydroxyl groups is 1. The lowest BCUT2D eigenvalue weighted by atomic mass is 10.0. The number of hydrogen-bond donors (Lipinski definition) is 2. The maximum atomic E-state index is 11.1. The first-order valence-electron chi connectivity index (χ1n) is 5.43. The van der Waals surface area contributed by atoms with Crippen LogP contribution in [0.5, 0.6) is 5.75 Å². The molecule has 0 fully saturated rings. The van der Waals surface area contributed by atoms with Crippen molar-refractivity contribution >= 4 is 23.2 Å². The van der Waals surface area contributed by atoms with Gasteiger partial charge in [0, 0.05) is 28.8 Å². The SMILES string of the molecule is CC(=O)Nc1ccccc1-c1cc(Cl)ccc1O. The molecule has 0 heterocycles. The van der Waals surface area contributed by atoms with E-state index in [1.165, 1.54) is 13.0 Å². The highest BCUT2D eigenvalue weighted by Gasteiger charge is 2.10. The number of hydrogen-bond acceptors (Lipinski definition) is 2. The van der Waals surface area contributed by atoms with Crippen molar-refractivity contribution in [1.82, 2.24) is 0 Å². The summed E-state index contributed by atoms with van der Waals surface area (Å²) in [5.41, 5.74) is 1.96. The van der Waals surface area contributed by atoms with E-state index < -0.39 is 0 Å². The van der Waals surface area contributed by atoms with Gasteiger partial charge in [0.25, 0.3) is 0 Å². The summed E-state index contributed by atoms with van der Waals surface area (Å²) in [5, 5.41) is 13.1. The zero-order chi connectivity index (χ0) is 13.1. The van der Waals surface area contributed by atoms with Gasteiger partial charge in [0.2, 0.25) is 5.91 Å². The van der Waals surface area contributed by atoms with E-state index in [1.807, 2.05) is 18.2 Å². The molecule has 0 saturated carbocycles. The van der Waals surface area contributed by atoms with Gasteiger partial charge in [-0.15, -0.1) is 0 Å². The van der Waals surface area contributed by atoms with Crippen molar-refractivity contribution in [2.24, 2.45) is 0 Å². The van der Waals surface area contributed by atoms with Gasteiger partial charge in [-0.3, -0.25) is 4.79 Å². The first-order valence-corrected chi connectivity index (χ1v) is 5.81. The number of carbonyl (C=O) groups is 1. The third-order valence-electron chi connectivity index (χ3n) is 2.49. The highest BCUT2D eigenvalue weighted by molar-refractivity contribution is 6.31. The van der Waals surface area contributed by atoms with Crippen molar-refractivity contribution < 1.29 is 9.90 Å². The van der Waals surface area contributed by atoms with Gasteiger partial charge in [-0.25, -0.2) is 0 Å². The first-order chi connectivity index (χ1) is 8.58. The van der Waals surface area contributed by atoms with Gasteiger partial charge in [-0.05, 0) is 24.3 Å². The molecule has 1 amide bonds. The molecule has 0 saturated heterocycles. The van der Waals surface area contributed by atoms with Gasteiger partial charge in [-0.2, -0.15) is 0 Å². The molecule has 0 aromatic heterocycles. The van der Waals surface area contributed by atoms with E-state index in [1.54, 1.807) is 18.2 Å². The topological polar surface area (TPSA) is 49.3 Å². The maximum Gasteiger partial charge on any atom is 0.221 e. The van der Waals surface area contributed by atoms with E-state index in [0.717, 1.165) is 5.56 Å². The molecule has 2 aromatic carbocycles. The van der Waals surface area contributed by atoms with Crippen LogP contribution in [-0.2, 0) is 4.79 Å². The minimum atomic E-state index is -0.163. The molecule has 0 aliphatic heterocycles. The monoisotopic (exact) mass is 261 g/mol. The standard InChI is InChI=1S/C14H12ClNO2/c1-9(17)16-13-5-3-2-4-11(13)12-8-10(15)6-7-14(12)18/h2-8,18H,1H3,(H,16,17). The summed E-state index contributed by atoms with van der Waals surface area (Å²) in [5.74, 6) is -0.0406. The summed E-state index contributed by atoms with van der Waals surface area (Å²) in [6.07, 6.45) is 0. The largest absolute Gasteiger partial charge is 0.507 e. The van der Waals surface area contributed by atoms with Crippen molar-refractivity contribution in [3.8, 4) is 16.9 Å². The zero-order valence-electron chi connectivity index (χ0n) is 9.77. The number of phenols is 1. The average molecular weight is 262 g/mol. The lowest BCUT2D eigenvalue weighted by Crippen LogP contribution is -2.06. The third-order valence-corrected chi connectivity index (χ3v) is 2.72. The van der Waals surface area contributed by atoms with E-state index in [-0.39, 0.29) is 11.7 Å². The number of amides is 1. The van der Waals surface area contributed by atoms with Gasteiger partial charge in [0.1, 0.15) is 5.75 Å². The molecule has 0 radical (unpaired) electrons. The summed E-state index contributed by atoms with van der Waals surface area (Å²) in [6.45, 7) is 1.44. The van der Waals surface area contributed by atoms with E-state index in [2.05, 4.69) is 5.32 Å². The fraction of sp³-hybridized carbons (Fsp3) is 0.0714. The Kier molecular flexibility index (Phi) is 3.53. The summed E-state index contributed by atoms with van der Waals surface area (Å²) in [7, 11) is 0. The predicted octanol–water partition coefficient (Wildman–Crippen LogP) is 3.67. The smallest absolute Gasteiger partial charge is 0.221 e. The minimum Gasteiger partial charge on any atom is -0.507 e. The molecule has 4 heteroatoms. The van der Waals surface area contributed by atoms with Gasteiger partial charge < -0.3 is 10.4 Å². The Labute approximate surface area is 110 Å². The fourth-order valence-electron chi connectivity index (χ4n) is 1.74. The van der Waals surface area contributed by atoms with Crippen LogP contribution in [-0.4, -0.2) is 11.0 Å². The number of anilines is 1. The zero-order valence-corrected chi connectivity index (χ0v) is 10.5. The number of rotatable bonds is 2. The highest BCUT2D eigenvalue weighted by atomic mass is 35.5. The van der Waals surface area contributed by atoms with Crippen molar-refractivity contribution in [1.29, 1.82) is 0 Å². The number of nitrogens with one attached hydrogen (secondary N) is 1. The maximum absolute atomic E-state index is 11.1. The van der Waals surface area contributed by atoms with E-state index in [9.17, 15) is 9.90 Å². The third kappa shape index (κ3) is 2.63. The first kappa shape index (κ1) is 12.5. The highest BCUT2D eigenvalue weighted by Crippen LogP contribution is 2.35. The molecule has 18 heavy (non-hydrogen) atoms. The lowest BCUT2D eigenvalue weighted by Gasteiger charge is -2.11. The summed E-state index contributed by atoms with van der Waals surface area (Å²) >= 11 is 5.93. The van der Waals surface area contributed by atoms with Gasteiger partial charge in [-0.1, -0.05) is 29.8 Å². The summed E-state index contributed by atoms with van der Waals surface area (Å²) in [4.78, 5) is 11.1. The van der Waals surface area contributed by atoms with Crippen LogP contribution >= 0.6 is 11.6 Å². The summed E-state index contributed by atoms with van der Waals surface area (Å²) in [6, 6.07) is 12.0. The summed E-state index contributed by atoms with van der Waals surface area (Å²) < 4.78 is 0. The number of phenolic OH excluding ortho intramolecular Hbond substituents is 1. The molecule has 2 rings (SSSR count). The molecule has 92 valence electrons. The number of benzene rings is 2. The molecule has 2 aromatic rings. The lowest BCUT2D eigenvalue weighted by molar-refractivity contribution is -0.114. The van der Waals surface area contributed by atoms with Crippen LogP contribution in [0.15, 0.2) is 42.5 Å². The molecule has 0 aliphatic carbocycles. The number of halogens is 1. The second-order valence-corrected chi connectivity index (χ2v) is 4.32. The van der Waals surface area contributed by atoms with Crippen LogP contribution in [0.3, 0.4) is 0 Å². The van der Waals surface area contributed by atoms with Crippen molar-refractivity contribution in [2.75, 3.05) is 5.32 Å². The molecular formula is C14H12ClNO2. The molecule has 3 nitrogen and oxygen atoms in total. The van der Waals surface area contributed by atoms with E-state index in [0.29, 0.717) is 16.3 Å². The van der Waals surface area contributed by atoms with E-state index in [4.69, 9.17) is 11.6 Å². The van der Waals surface area contributed by atoms with E-state index >= 15 is 0 Å². The quantitative estimate of drug-likeness (QED) is 0.867. The number of para-hydroxylation sites is 1. The minimum absolute atomic E-state index is 0.122. The van der Waals surface area contributed by atoms with Crippen LogP contribution in [0.1, 0.15) is 6.92 Å². The van der Waals surface area contributed by atoms with Crippen molar-refractivity contribution in [3.05, 3.63) is 47.5 Å². The van der Waals surface area contributed by atoms with Crippen LogP contribution in [0.25, 0.3) is 11.1 Å². The Morgan fingerprint density at radius 2 is 1.89 bits per heavy atom. The average Bonchev–Trinajstić information content (AvgIpc) is 2.32. The van der Waals surface area contributed by atoms with Gasteiger partial charge >= 0.3 is 0 Å². The molecule has 0 aliphatic rings. The second-order valence-electron chi connectivity index (χ2n) is 3.89. The second kappa shape index (κ2) is 5.10. The molecule has 2 N–H and O–H groups in total. The molecule has 0 spiro atoms. The normalized spacial score (nSPS) is 10.1. The Morgan fingerprint density at radius 1 is 1.17 bits per heavy atom. The van der Waals surface area contributed by atoms with Gasteiger partial charge in [0.15, 0.2) is 0 Å². The van der Waals surface area contributed by atoms with Crippen molar-refractivity contribution in [2.45, 2.75) is 6.92 Å². The van der Waals surface area contributed by atoms with Crippen LogP contribution in [0.2, 0.25) is 5.02 Å². The molecule has 0 atom stereocenters. The Bertz CT molecular complexity index is 596. The van der Waals surface area contributed by atoms with Crippen molar-refractivity contribution in [3.63, 3.8) is 0 Å². The Morgan fingerprint density at radius 3 is 2.61 bits per heavy atom.